The highest BCUT2D eigenvalue weighted by Gasteiger charge is 2.32. The summed E-state index contributed by atoms with van der Waals surface area (Å²) in [5.41, 5.74) is 19.1. The highest BCUT2D eigenvalue weighted by Crippen LogP contribution is 2.47. The van der Waals surface area contributed by atoms with Gasteiger partial charge in [-0.1, -0.05) is 164 Å². The van der Waals surface area contributed by atoms with Crippen molar-refractivity contribution in [3.8, 4) is 68.5 Å². The maximum absolute atomic E-state index is 14.6. The molecule has 21 aromatic rings. The van der Waals surface area contributed by atoms with E-state index >= 15 is 0 Å². The summed E-state index contributed by atoms with van der Waals surface area (Å²) in [4.78, 5) is 0. The molecule has 0 atom stereocenters. The molecule has 0 unspecified atom stereocenters. The molecule has 486 valence electrons. The van der Waals surface area contributed by atoms with Crippen LogP contribution in [0.5, 0.6) is 0 Å². The lowest BCUT2D eigenvalue weighted by molar-refractivity contribution is -0.137. The maximum Gasteiger partial charge on any atom is 0.416 e. The zero-order valence-electron chi connectivity index (χ0n) is 55.3. The molecule has 0 aliphatic carbocycles. The van der Waals surface area contributed by atoms with Crippen molar-refractivity contribution in [1.82, 2.24) is 27.4 Å². The van der Waals surface area contributed by atoms with Gasteiger partial charge in [0.05, 0.1) is 106 Å². The average molecular weight is 1340 g/mol. The van der Waals surface area contributed by atoms with Gasteiger partial charge in [0.2, 0.25) is 0 Å². The molecule has 6 heterocycles. The number of nitriles is 2. The molecule has 11 heteroatoms. The normalized spacial score (nSPS) is 12.2. The Labute approximate surface area is 591 Å². The molecule has 0 spiro atoms. The second kappa shape index (κ2) is 22.2. The first kappa shape index (κ1) is 58.8. The Hall–Kier alpha value is -14.1. The van der Waals surface area contributed by atoms with E-state index in [0.717, 1.165) is 177 Å². The molecule has 0 bridgehead atoms. The highest BCUT2D eigenvalue weighted by atomic mass is 19.4. The van der Waals surface area contributed by atoms with Gasteiger partial charge >= 0.3 is 6.18 Å². The van der Waals surface area contributed by atoms with Crippen LogP contribution in [0, 0.1) is 22.7 Å². The lowest BCUT2D eigenvalue weighted by Gasteiger charge is -2.21. The Kier molecular flexibility index (Phi) is 12.5. The van der Waals surface area contributed by atoms with Crippen LogP contribution in [0.1, 0.15) is 16.7 Å². The van der Waals surface area contributed by atoms with E-state index in [1.54, 1.807) is 0 Å². The SMILES string of the molecule is N#Cc1ccc(-c2cc(-c3ccc(C(F)(F)F)cc3C#N)ccc2-n2c3ccc(-n4c5ccccc5c5ccccc54)cc3c3cc(-n4c5ccccc5c5ccccc54)ccc32)c(-n2c3ccc(-n4c5ccccc5c5ccccc54)cc3c3cc(-n4c5ccccc5c5ccccc54)ccc32)c1. The first-order valence-electron chi connectivity index (χ1n) is 34.6. The van der Waals surface area contributed by atoms with Crippen LogP contribution in [0.4, 0.5) is 13.2 Å². The fraction of sp³-hybridized carbons (Fsp3) is 0.0108. The van der Waals surface area contributed by atoms with Crippen LogP contribution in [-0.2, 0) is 6.18 Å². The van der Waals surface area contributed by atoms with E-state index in [1.165, 1.54) is 6.07 Å². The molecule has 0 aliphatic rings. The number of hydrogen-bond acceptors (Lipinski definition) is 2. The summed E-state index contributed by atoms with van der Waals surface area (Å²) in [5, 5.41) is 35.1. The zero-order valence-corrected chi connectivity index (χ0v) is 55.3. The smallest absolute Gasteiger partial charge is 0.309 e. The summed E-state index contributed by atoms with van der Waals surface area (Å²) in [6, 6.07) is 115. The number of rotatable bonds is 8. The molecule has 0 fully saturated rings. The molecule has 0 aliphatic heterocycles. The fourth-order valence-electron chi connectivity index (χ4n) is 17.1. The highest BCUT2D eigenvalue weighted by molar-refractivity contribution is 6.17. The van der Waals surface area contributed by atoms with Crippen molar-refractivity contribution in [1.29, 1.82) is 10.5 Å². The van der Waals surface area contributed by atoms with E-state index in [4.69, 9.17) is 0 Å². The molecular weight excluding hydrogens is 1290 g/mol. The van der Waals surface area contributed by atoms with E-state index in [-0.39, 0.29) is 5.56 Å². The molecule has 0 saturated carbocycles. The van der Waals surface area contributed by atoms with Gasteiger partial charge in [-0.15, -0.1) is 0 Å². The van der Waals surface area contributed by atoms with Crippen molar-refractivity contribution in [2.24, 2.45) is 0 Å². The van der Waals surface area contributed by atoms with Crippen molar-refractivity contribution in [3.63, 3.8) is 0 Å². The van der Waals surface area contributed by atoms with Crippen LogP contribution in [0.2, 0.25) is 0 Å². The van der Waals surface area contributed by atoms with Crippen LogP contribution in [-0.4, -0.2) is 27.4 Å². The van der Waals surface area contributed by atoms with Crippen LogP contribution in [0.3, 0.4) is 0 Å². The van der Waals surface area contributed by atoms with Crippen LogP contribution >= 0.6 is 0 Å². The number of fused-ring (bicyclic) bond motifs is 18. The Morgan fingerprint density at radius 1 is 0.231 bits per heavy atom. The van der Waals surface area contributed by atoms with E-state index < -0.39 is 11.7 Å². The maximum atomic E-state index is 14.6. The summed E-state index contributed by atoms with van der Waals surface area (Å²) in [7, 11) is 0. The summed E-state index contributed by atoms with van der Waals surface area (Å²) in [5.74, 6) is 0. The largest absolute Gasteiger partial charge is 0.416 e. The Bertz CT molecular complexity index is 6840. The molecule has 8 nitrogen and oxygen atoms in total. The Morgan fingerprint density at radius 2 is 0.538 bits per heavy atom. The molecule has 0 amide bonds. The quantitative estimate of drug-likeness (QED) is 0.152. The monoisotopic (exact) mass is 1340 g/mol. The summed E-state index contributed by atoms with van der Waals surface area (Å²) in [6.07, 6.45) is -4.69. The van der Waals surface area contributed by atoms with Crippen molar-refractivity contribution < 1.29 is 13.2 Å². The van der Waals surface area contributed by atoms with Gasteiger partial charge in [0, 0.05) is 98.5 Å². The zero-order chi connectivity index (χ0) is 69.2. The van der Waals surface area contributed by atoms with Gasteiger partial charge in [-0.2, -0.15) is 23.7 Å². The van der Waals surface area contributed by atoms with E-state index in [0.29, 0.717) is 27.9 Å². The van der Waals surface area contributed by atoms with Crippen molar-refractivity contribution in [3.05, 3.63) is 338 Å². The molecule has 104 heavy (non-hydrogen) atoms. The third kappa shape index (κ3) is 8.53. The van der Waals surface area contributed by atoms with Crippen molar-refractivity contribution in [2.45, 2.75) is 6.18 Å². The molecule has 0 radical (unpaired) electrons. The topological polar surface area (TPSA) is 77.2 Å². The third-order valence-electron chi connectivity index (χ3n) is 21.5. The second-order valence-corrected chi connectivity index (χ2v) is 26.9. The van der Waals surface area contributed by atoms with Gasteiger partial charge < -0.3 is 27.4 Å². The predicted octanol–water partition coefficient (Wildman–Crippen LogP) is 24.4. The Balaban J connectivity index is 0.864. The van der Waals surface area contributed by atoms with E-state index in [1.807, 2.05) is 36.4 Å². The van der Waals surface area contributed by atoms with Gasteiger partial charge in [0.25, 0.3) is 0 Å². The average Bonchev–Trinajstić information content (AvgIpc) is 1.55. The number of hydrogen-bond donors (Lipinski definition) is 0. The lowest BCUT2D eigenvalue weighted by atomic mass is 9.92. The lowest BCUT2D eigenvalue weighted by Crippen LogP contribution is -2.05. The molecule has 0 saturated heterocycles. The standard InChI is InChI=1S/C93H53F3N8/c94-93(95,96)59-35-41-64(58(48-59)55-98)57-34-42-87(103-88-43-36-60(99-79-25-9-1-17-65(79)66-18-2-10-26-80(66)99)50-75(88)76-51-61(37-44-89(76)103)100-81-27-11-3-19-67(81)68-20-4-12-28-82(68)100)74(49-57)73-40-33-56(54-97)47-92(73)104-90-45-38-62(101-83-29-13-5-21-69(83)70-22-6-14-30-84(70)101)52-77(90)78-53-63(39-46-91(78)104)102-85-31-15-7-23-71(85)72-24-8-16-32-86(72)102/h1-53H. The summed E-state index contributed by atoms with van der Waals surface area (Å²) in [6.45, 7) is 0. The third-order valence-corrected chi connectivity index (χ3v) is 21.5. The number of nitrogens with zero attached hydrogens (tertiary/aromatic N) is 8. The van der Waals surface area contributed by atoms with E-state index in [2.05, 4.69) is 306 Å². The second-order valence-electron chi connectivity index (χ2n) is 26.9. The van der Waals surface area contributed by atoms with Crippen LogP contribution in [0.25, 0.3) is 187 Å². The van der Waals surface area contributed by atoms with Crippen molar-refractivity contribution >= 4 is 131 Å². The van der Waals surface area contributed by atoms with Gasteiger partial charge in [0.15, 0.2) is 0 Å². The minimum absolute atomic E-state index is 0.119. The van der Waals surface area contributed by atoms with Gasteiger partial charge in [0.1, 0.15) is 0 Å². The minimum atomic E-state index is -4.69. The van der Waals surface area contributed by atoms with Gasteiger partial charge in [-0.25, -0.2) is 0 Å². The van der Waals surface area contributed by atoms with Gasteiger partial charge in [-0.05, 0) is 169 Å². The number of halogens is 3. The van der Waals surface area contributed by atoms with Crippen LogP contribution in [0.15, 0.2) is 322 Å². The summed E-state index contributed by atoms with van der Waals surface area (Å²) >= 11 is 0. The molecule has 6 aromatic heterocycles. The fourth-order valence-corrected chi connectivity index (χ4v) is 17.1. The molecule has 0 N–H and O–H groups in total. The summed E-state index contributed by atoms with van der Waals surface area (Å²) < 4.78 is 57.8. The predicted molar refractivity (Wildman–Crippen MR) is 418 cm³/mol. The minimum Gasteiger partial charge on any atom is -0.309 e. The van der Waals surface area contributed by atoms with E-state index in [9.17, 15) is 23.7 Å². The van der Waals surface area contributed by atoms with Gasteiger partial charge in [-0.3, -0.25) is 0 Å². The molecule has 15 aromatic carbocycles. The van der Waals surface area contributed by atoms with Crippen LogP contribution < -0.4 is 0 Å². The number of alkyl halides is 3. The Morgan fingerprint density at radius 3 is 0.856 bits per heavy atom. The first-order chi connectivity index (χ1) is 51.1. The first-order valence-corrected chi connectivity index (χ1v) is 34.6. The number of benzene rings is 15. The molecule has 21 rings (SSSR count). The van der Waals surface area contributed by atoms with Crippen molar-refractivity contribution in [2.75, 3.05) is 0 Å². The molecular formula is C93H53F3N8. The number of aromatic nitrogens is 6. The number of para-hydroxylation sites is 8.